The summed E-state index contributed by atoms with van der Waals surface area (Å²) in [6, 6.07) is 0. The number of carbonyl (C=O) groups is 2. The number of hydrogen-bond donors (Lipinski definition) is 0. The van der Waals surface area contributed by atoms with Gasteiger partial charge in [0.15, 0.2) is 0 Å². The molecule has 0 saturated heterocycles. The molecular formula is C6H12O4S2Zn. The minimum absolute atomic E-state index is 0. The van der Waals surface area contributed by atoms with Gasteiger partial charge in [0.25, 0.3) is 0 Å². The van der Waals surface area contributed by atoms with E-state index in [4.69, 9.17) is 19.8 Å². The molecule has 0 aromatic carbocycles. The zero-order chi connectivity index (χ0) is 10.2. The fourth-order valence-electron chi connectivity index (χ4n) is 0.167. The fourth-order valence-corrected chi connectivity index (χ4v) is 1.50. The monoisotopic (exact) mass is 276 g/mol. The second kappa shape index (κ2) is 39.7. The summed E-state index contributed by atoms with van der Waals surface area (Å²) in [4.78, 5) is 16.5. The van der Waals surface area contributed by atoms with Crippen LogP contribution in [0.25, 0.3) is 0 Å². The molecule has 4 nitrogen and oxygen atoms in total. The van der Waals surface area contributed by atoms with Crippen LogP contribution in [-0.4, -0.2) is 24.5 Å². The van der Waals surface area contributed by atoms with Crippen LogP contribution in [0, 0.1) is 0 Å². The van der Waals surface area contributed by atoms with Crippen molar-refractivity contribution in [1.29, 1.82) is 0 Å². The Morgan fingerprint density at radius 1 is 1.00 bits per heavy atom. The van der Waals surface area contributed by atoms with Crippen LogP contribution < -0.4 is 10.2 Å². The Labute approximate surface area is 99.0 Å². The first-order valence-corrected chi connectivity index (χ1v) is 5.59. The van der Waals surface area contributed by atoms with Gasteiger partial charge in [-0.2, -0.15) is 0 Å². The molecule has 0 fully saturated rings. The summed E-state index contributed by atoms with van der Waals surface area (Å²) >= 11 is 0. The van der Waals surface area contributed by atoms with Gasteiger partial charge in [-0.15, -0.1) is 0 Å². The Balaban J connectivity index is -0.0000000501. The molecule has 0 N–H and O–H groups in total. The van der Waals surface area contributed by atoms with Crippen LogP contribution >= 0.6 is 21.6 Å². The van der Waals surface area contributed by atoms with E-state index in [-0.39, 0.29) is 19.5 Å². The summed E-state index contributed by atoms with van der Waals surface area (Å²) in [6.07, 6.45) is 0. The van der Waals surface area contributed by atoms with Gasteiger partial charge in [0.05, 0.1) is 0 Å². The summed E-state index contributed by atoms with van der Waals surface area (Å²) in [5, 5.41) is 16.5. The van der Waals surface area contributed by atoms with Crippen LogP contribution in [0.15, 0.2) is 0 Å². The number of rotatable bonds is 3. The zero-order valence-electron chi connectivity index (χ0n) is 7.73. The largest absolute Gasteiger partial charge is 2.00 e. The molecule has 74 valence electrons. The van der Waals surface area contributed by atoms with Crippen molar-refractivity contribution in [1.82, 2.24) is 0 Å². The van der Waals surface area contributed by atoms with Gasteiger partial charge >= 0.3 is 19.5 Å². The maximum Gasteiger partial charge on any atom is 2.00 e. The summed E-state index contributed by atoms with van der Waals surface area (Å²) in [7, 11) is 3.85. The van der Waals surface area contributed by atoms with Gasteiger partial charge in [0.1, 0.15) is 0 Å². The molecule has 0 aromatic rings. The maximum atomic E-state index is 8.25. The van der Waals surface area contributed by atoms with E-state index in [1.165, 1.54) is 11.5 Å². The summed E-state index contributed by atoms with van der Waals surface area (Å²) in [5.74, 6) is 2.47. The molecule has 7 heteroatoms. The first-order chi connectivity index (χ1) is 5.74. The van der Waals surface area contributed by atoms with Gasteiger partial charge in [0.2, 0.25) is 0 Å². The predicted molar refractivity (Wildman–Crippen MR) is 48.4 cm³/mol. The first-order valence-electron chi connectivity index (χ1n) is 3.10. The summed E-state index contributed by atoms with van der Waals surface area (Å²) < 4.78 is 0. The molecule has 0 aromatic heterocycles. The average Bonchev–Trinajstić information content (AvgIpc) is 2.04. The van der Waals surface area contributed by atoms with Gasteiger partial charge in [-0.3, -0.25) is 0 Å². The van der Waals surface area contributed by atoms with Gasteiger partial charge < -0.3 is 19.8 Å². The van der Waals surface area contributed by atoms with Crippen LogP contribution in [0.5, 0.6) is 0 Å². The molecule has 0 amide bonds. The van der Waals surface area contributed by atoms with Crippen molar-refractivity contribution in [2.45, 2.75) is 13.8 Å². The van der Waals surface area contributed by atoms with Crippen molar-refractivity contribution < 1.29 is 39.3 Å². The van der Waals surface area contributed by atoms with E-state index < -0.39 is 12.9 Å². The Hall–Kier alpha value is 0.263. The van der Waals surface area contributed by atoms with Crippen LogP contribution in [0.2, 0.25) is 0 Å². The topological polar surface area (TPSA) is 80.3 Å². The van der Waals surface area contributed by atoms with E-state index in [2.05, 4.69) is 13.8 Å². The Bertz CT molecular complexity index is 75.0. The number of carbonyl (C=O) groups excluding carboxylic acids is 2. The third-order valence-electron chi connectivity index (χ3n) is 0.319. The molecule has 0 aliphatic heterocycles. The van der Waals surface area contributed by atoms with Crippen molar-refractivity contribution in [2.75, 3.05) is 11.5 Å². The minimum Gasteiger partial charge on any atom is -0.554 e. The van der Waals surface area contributed by atoms with E-state index in [0.717, 1.165) is 0 Å². The predicted octanol–water partition coefficient (Wildman–Crippen LogP) is -0.863. The Kier molecular flexibility index (Phi) is 70.9. The van der Waals surface area contributed by atoms with Crippen molar-refractivity contribution in [3.05, 3.63) is 0 Å². The molecule has 0 aliphatic carbocycles. The van der Waals surface area contributed by atoms with Gasteiger partial charge in [0, 0.05) is 24.5 Å². The Morgan fingerprint density at radius 3 is 1.23 bits per heavy atom. The minimum atomic E-state index is -0.500. The molecular weight excluding hydrogens is 266 g/mol. The molecule has 0 bridgehead atoms. The molecule has 0 saturated carbocycles. The molecule has 0 radical (unpaired) electrons. The van der Waals surface area contributed by atoms with Crippen LogP contribution in [0.4, 0.5) is 0 Å². The van der Waals surface area contributed by atoms with Crippen molar-refractivity contribution in [3.63, 3.8) is 0 Å². The second-order valence-corrected chi connectivity index (χ2v) is 4.05. The van der Waals surface area contributed by atoms with E-state index in [0.29, 0.717) is 0 Å². The first kappa shape index (κ1) is 23.2. The average molecular weight is 278 g/mol. The number of carboxylic acid groups (broad SMARTS) is 2. The third-order valence-corrected chi connectivity index (χ3v) is 2.87. The molecule has 0 heterocycles. The third kappa shape index (κ3) is 121. The zero-order valence-corrected chi connectivity index (χ0v) is 12.3. The van der Waals surface area contributed by atoms with Crippen molar-refractivity contribution in [2.24, 2.45) is 0 Å². The van der Waals surface area contributed by atoms with E-state index in [9.17, 15) is 0 Å². The summed E-state index contributed by atoms with van der Waals surface area (Å²) in [6.45, 7) is 3.35. The molecule has 13 heavy (non-hydrogen) atoms. The van der Waals surface area contributed by atoms with Gasteiger partial charge in [-0.25, -0.2) is 0 Å². The standard InChI is InChI=1S/C4H10S2.2CH2O2.Zn/c1-3-5-6-4-2;2*2-1-3;/h3-4H2,1-2H3;2*1H,(H,2,3);/q;;;+2/p-2. The maximum absolute atomic E-state index is 8.25. The number of hydrogen-bond acceptors (Lipinski definition) is 6. The van der Waals surface area contributed by atoms with E-state index >= 15 is 0 Å². The van der Waals surface area contributed by atoms with Gasteiger partial charge in [-0.05, 0) is 0 Å². The van der Waals surface area contributed by atoms with Crippen LogP contribution in [0.1, 0.15) is 13.8 Å². The van der Waals surface area contributed by atoms with Gasteiger partial charge in [-0.1, -0.05) is 35.4 Å². The van der Waals surface area contributed by atoms with Crippen molar-refractivity contribution in [3.8, 4) is 0 Å². The summed E-state index contributed by atoms with van der Waals surface area (Å²) in [5.41, 5.74) is 0. The van der Waals surface area contributed by atoms with Crippen LogP contribution in [0.3, 0.4) is 0 Å². The quantitative estimate of drug-likeness (QED) is 0.289. The van der Waals surface area contributed by atoms with Crippen molar-refractivity contribution >= 4 is 34.5 Å². The SMILES string of the molecule is CCSSCC.O=C[O-].O=C[O-].[Zn+2]. The van der Waals surface area contributed by atoms with E-state index in [1.807, 2.05) is 21.6 Å². The Morgan fingerprint density at radius 2 is 1.15 bits per heavy atom. The molecule has 0 rings (SSSR count). The van der Waals surface area contributed by atoms with Crippen LogP contribution in [-0.2, 0) is 29.1 Å². The molecule has 0 aliphatic rings. The second-order valence-electron chi connectivity index (χ2n) is 1.01. The smallest absolute Gasteiger partial charge is 0.554 e. The normalized spacial score (nSPS) is 6.00. The van der Waals surface area contributed by atoms with E-state index in [1.54, 1.807) is 0 Å². The fraction of sp³-hybridized carbons (Fsp3) is 0.667. The molecule has 0 spiro atoms. The molecule has 0 unspecified atom stereocenters. The molecule has 0 atom stereocenters.